The molecule has 1 atom stereocenters. The largest absolute Gasteiger partial charge is 0.330 e. The molecule has 0 heterocycles. The second kappa shape index (κ2) is 22.0. The molecule has 0 aliphatic carbocycles. The number of rotatable bonds is 21. The van der Waals surface area contributed by atoms with Gasteiger partial charge >= 0.3 is 0 Å². The van der Waals surface area contributed by atoms with Gasteiger partial charge in [-0.05, 0) is 25.3 Å². The molecular formula is C24H51N. The molecule has 0 saturated heterocycles. The van der Waals surface area contributed by atoms with E-state index in [0.29, 0.717) is 0 Å². The first-order valence-electron chi connectivity index (χ1n) is 12.0. The first kappa shape index (κ1) is 25.0. The molecule has 0 aliphatic heterocycles. The Labute approximate surface area is 160 Å². The van der Waals surface area contributed by atoms with Gasteiger partial charge in [-0.2, -0.15) is 0 Å². The van der Waals surface area contributed by atoms with Crippen molar-refractivity contribution in [1.82, 2.24) is 0 Å². The summed E-state index contributed by atoms with van der Waals surface area (Å²) in [6.07, 6.45) is 28.7. The Hall–Kier alpha value is -0.0400. The van der Waals surface area contributed by atoms with Crippen molar-refractivity contribution in [2.45, 2.75) is 142 Å². The maximum Gasteiger partial charge on any atom is -0.00772 e. The lowest BCUT2D eigenvalue weighted by Crippen LogP contribution is -2.06. The molecule has 0 spiro atoms. The maximum absolute atomic E-state index is 5.74. The van der Waals surface area contributed by atoms with Crippen LogP contribution in [0.1, 0.15) is 142 Å². The highest BCUT2D eigenvalue weighted by Gasteiger charge is 2.08. The average molecular weight is 354 g/mol. The number of unbranched alkanes of at least 4 members (excludes halogenated alkanes) is 14. The zero-order valence-electron chi connectivity index (χ0n) is 18.0. The monoisotopic (exact) mass is 353 g/mol. The minimum atomic E-state index is 0.880. The fourth-order valence-electron chi connectivity index (χ4n) is 3.97. The summed E-state index contributed by atoms with van der Waals surface area (Å²) >= 11 is 0. The van der Waals surface area contributed by atoms with Gasteiger partial charge in [0.2, 0.25) is 0 Å². The van der Waals surface area contributed by atoms with Crippen LogP contribution in [0.25, 0.3) is 0 Å². The van der Waals surface area contributed by atoms with Crippen LogP contribution in [-0.4, -0.2) is 6.54 Å². The lowest BCUT2D eigenvalue weighted by Gasteiger charge is -2.16. The Morgan fingerprint density at radius 3 is 1.12 bits per heavy atom. The molecule has 0 saturated carbocycles. The van der Waals surface area contributed by atoms with Gasteiger partial charge in [-0.25, -0.2) is 0 Å². The van der Waals surface area contributed by atoms with Gasteiger partial charge < -0.3 is 5.73 Å². The zero-order chi connectivity index (χ0) is 18.4. The Kier molecular flexibility index (Phi) is 22.0. The SMILES string of the molecule is CCCCCCCCCCCCC(CCCN)CCCCCCCC. The Balaban J connectivity index is 3.51. The van der Waals surface area contributed by atoms with E-state index in [-0.39, 0.29) is 0 Å². The first-order valence-corrected chi connectivity index (χ1v) is 12.0. The summed E-state index contributed by atoms with van der Waals surface area (Å²) in [7, 11) is 0. The summed E-state index contributed by atoms with van der Waals surface area (Å²) in [6, 6.07) is 0. The van der Waals surface area contributed by atoms with Crippen molar-refractivity contribution in [3.05, 3.63) is 0 Å². The van der Waals surface area contributed by atoms with Gasteiger partial charge in [-0.15, -0.1) is 0 Å². The average Bonchev–Trinajstić information content (AvgIpc) is 2.63. The third kappa shape index (κ3) is 20.1. The molecule has 0 bridgehead atoms. The van der Waals surface area contributed by atoms with Gasteiger partial charge in [0.1, 0.15) is 0 Å². The van der Waals surface area contributed by atoms with Gasteiger partial charge in [-0.1, -0.05) is 129 Å². The van der Waals surface area contributed by atoms with Crippen molar-refractivity contribution in [1.29, 1.82) is 0 Å². The van der Waals surface area contributed by atoms with E-state index in [0.717, 1.165) is 12.5 Å². The Bertz CT molecular complexity index is 226. The van der Waals surface area contributed by atoms with Crippen molar-refractivity contribution in [3.8, 4) is 0 Å². The second-order valence-corrected chi connectivity index (χ2v) is 8.32. The van der Waals surface area contributed by atoms with Crippen molar-refractivity contribution in [2.75, 3.05) is 6.54 Å². The van der Waals surface area contributed by atoms with Gasteiger partial charge in [-0.3, -0.25) is 0 Å². The van der Waals surface area contributed by atoms with E-state index in [9.17, 15) is 0 Å². The van der Waals surface area contributed by atoms with E-state index in [4.69, 9.17) is 5.73 Å². The number of nitrogens with two attached hydrogens (primary N) is 1. The molecule has 25 heavy (non-hydrogen) atoms. The summed E-state index contributed by atoms with van der Waals surface area (Å²) in [5.41, 5.74) is 5.74. The molecule has 0 radical (unpaired) electrons. The van der Waals surface area contributed by atoms with E-state index < -0.39 is 0 Å². The molecule has 0 aliphatic rings. The topological polar surface area (TPSA) is 26.0 Å². The van der Waals surface area contributed by atoms with Crippen molar-refractivity contribution in [3.63, 3.8) is 0 Å². The van der Waals surface area contributed by atoms with Gasteiger partial charge in [0.25, 0.3) is 0 Å². The van der Waals surface area contributed by atoms with Crippen LogP contribution >= 0.6 is 0 Å². The van der Waals surface area contributed by atoms with E-state index in [1.54, 1.807) is 0 Å². The van der Waals surface area contributed by atoms with E-state index in [1.807, 2.05) is 0 Å². The smallest absolute Gasteiger partial charge is 0.00772 e. The van der Waals surface area contributed by atoms with Crippen LogP contribution in [0.15, 0.2) is 0 Å². The van der Waals surface area contributed by atoms with Crippen LogP contribution in [0, 0.1) is 5.92 Å². The van der Waals surface area contributed by atoms with Gasteiger partial charge in [0.05, 0.1) is 0 Å². The molecule has 0 aromatic rings. The molecule has 1 unspecified atom stereocenters. The standard InChI is InChI=1S/C24H51N/c1-3-5-7-9-11-12-13-14-16-18-21-24(22-19-23-25)20-17-15-10-8-6-4-2/h24H,3-23,25H2,1-2H3. The molecule has 0 aromatic heterocycles. The van der Waals surface area contributed by atoms with E-state index in [1.165, 1.54) is 128 Å². The highest BCUT2D eigenvalue weighted by molar-refractivity contribution is 4.62. The van der Waals surface area contributed by atoms with E-state index in [2.05, 4.69) is 13.8 Å². The fourth-order valence-corrected chi connectivity index (χ4v) is 3.97. The lowest BCUT2D eigenvalue weighted by atomic mass is 9.90. The summed E-state index contributed by atoms with van der Waals surface area (Å²) < 4.78 is 0. The quantitative estimate of drug-likeness (QED) is 0.206. The Morgan fingerprint density at radius 1 is 0.440 bits per heavy atom. The van der Waals surface area contributed by atoms with Crippen molar-refractivity contribution >= 4 is 0 Å². The molecule has 0 fully saturated rings. The van der Waals surface area contributed by atoms with Crippen LogP contribution in [-0.2, 0) is 0 Å². The minimum absolute atomic E-state index is 0.880. The van der Waals surface area contributed by atoms with Crippen molar-refractivity contribution < 1.29 is 0 Å². The highest BCUT2D eigenvalue weighted by atomic mass is 14.5. The van der Waals surface area contributed by atoms with Crippen LogP contribution in [0.2, 0.25) is 0 Å². The van der Waals surface area contributed by atoms with Crippen LogP contribution in [0.5, 0.6) is 0 Å². The molecule has 152 valence electrons. The molecule has 1 heteroatoms. The third-order valence-corrected chi connectivity index (χ3v) is 5.75. The normalized spacial score (nSPS) is 12.6. The molecule has 0 amide bonds. The molecule has 0 aromatic carbocycles. The van der Waals surface area contributed by atoms with Gasteiger partial charge in [0, 0.05) is 0 Å². The summed E-state index contributed by atoms with van der Waals surface area (Å²) in [4.78, 5) is 0. The van der Waals surface area contributed by atoms with Gasteiger partial charge in [0.15, 0.2) is 0 Å². The summed E-state index contributed by atoms with van der Waals surface area (Å²) in [5.74, 6) is 0.962. The molecule has 1 nitrogen and oxygen atoms in total. The fraction of sp³-hybridized carbons (Fsp3) is 1.00. The van der Waals surface area contributed by atoms with Crippen molar-refractivity contribution in [2.24, 2.45) is 11.7 Å². The molecular weight excluding hydrogens is 302 g/mol. The zero-order valence-corrected chi connectivity index (χ0v) is 18.0. The number of hydrogen-bond donors (Lipinski definition) is 1. The summed E-state index contributed by atoms with van der Waals surface area (Å²) in [6.45, 7) is 5.48. The summed E-state index contributed by atoms with van der Waals surface area (Å²) in [5, 5.41) is 0. The van der Waals surface area contributed by atoms with Crippen LogP contribution in [0.4, 0.5) is 0 Å². The molecule has 2 N–H and O–H groups in total. The predicted molar refractivity (Wildman–Crippen MR) is 116 cm³/mol. The maximum atomic E-state index is 5.74. The first-order chi connectivity index (χ1) is 12.3. The highest BCUT2D eigenvalue weighted by Crippen LogP contribution is 2.23. The van der Waals surface area contributed by atoms with E-state index >= 15 is 0 Å². The lowest BCUT2D eigenvalue weighted by molar-refractivity contribution is 0.373. The molecule has 0 rings (SSSR count). The second-order valence-electron chi connectivity index (χ2n) is 8.32. The third-order valence-electron chi connectivity index (χ3n) is 5.75. The minimum Gasteiger partial charge on any atom is -0.330 e. The Morgan fingerprint density at radius 2 is 0.760 bits per heavy atom. The predicted octanol–water partition coefficient (Wildman–Crippen LogP) is 8.40. The number of hydrogen-bond acceptors (Lipinski definition) is 1. The van der Waals surface area contributed by atoms with Crippen LogP contribution < -0.4 is 5.73 Å². The van der Waals surface area contributed by atoms with Crippen LogP contribution in [0.3, 0.4) is 0 Å².